The summed E-state index contributed by atoms with van der Waals surface area (Å²) < 4.78 is 0. The number of rotatable bonds is 5. The van der Waals surface area contributed by atoms with Crippen molar-refractivity contribution in [1.29, 1.82) is 0 Å². The Morgan fingerprint density at radius 1 is 1.40 bits per heavy atom. The molecule has 0 radical (unpaired) electrons. The average molecular weight is 201 g/mol. The van der Waals surface area contributed by atoms with Gasteiger partial charge < -0.3 is 5.32 Å². The number of hydrogen-bond acceptors (Lipinski definition) is 1. The van der Waals surface area contributed by atoms with Crippen molar-refractivity contribution in [3.05, 3.63) is 47.5 Å². The summed E-state index contributed by atoms with van der Waals surface area (Å²) in [4.78, 5) is 0. The molecule has 1 aromatic rings. The summed E-state index contributed by atoms with van der Waals surface area (Å²) in [6, 6.07) is 8.79. The van der Waals surface area contributed by atoms with Crippen molar-refractivity contribution < 1.29 is 0 Å². The van der Waals surface area contributed by atoms with E-state index in [1.807, 2.05) is 0 Å². The van der Waals surface area contributed by atoms with Gasteiger partial charge in [-0.25, -0.2) is 0 Å². The Labute approximate surface area is 92.2 Å². The van der Waals surface area contributed by atoms with Gasteiger partial charge in [0.15, 0.2) is 0 Å². The molecule has 0 bridgehead atoms. The maximum Gasteiger partial charge on any atom is 0.0211 e. The molecule has 1 heteroatoms. The molecule has 0 spiro atoms. The number of benzene rings is 1. The van der Waals surface area contributed by atoms with Crippen molar-refractivity contribution in [2.45, 2.75) is 32.2 Å². The van der Waals surface area contributed by atoms with Crippen LogP contribution in [-0.4, -0.2) is 6.54 Å². The zero-order valence-corrected chi connectivity index (χ0v) is 9.42. The maximum atomic E-state index is 3.89. The first-order valence-electron chi connectivity index (χ1n) is 5.70. The zero-order valence-electron chi connectivity index (χ0n) is 9.42. The molecule has 1 fully saturated rings. The van der Waals surface area contributed by atoms with Gasteiger partial charge >= 0.3 is 0 Å². The number of nitrogens with one attached hydrogen (secondary N) is 1. The van der Waals surface area contributed by atoms with Gasteiger partial charge in [-0.15, -0.1) is 0 Å². The van der Waals surface area contributed by atoms with Gasteiger partial charge in [0.2, 0.25) is 0 Å². The molecule has 0 unspecified atom stereocenters. The van der Waals surface area contributed by atoms with Gasteiger partial charge in [0.05, 0.1) is 0 Å². The lowest BCUT2D eigenvalue weighted by Gasteiger charge is -2.09. The van der Waals surface area contributed by atoms with Gasteiger partial charge in [-0.1, -0.05) is 36.4 Å². The fourth-order valence-electron chi connectivity index (χ4n) is 1.90. The zero-order chi connectivity index (χ0) is 10.7. The van der Waals surface area contributed by atoms with Crippen LogP contribution in [0.3, 0.4) is 0 Å². The second-order valence-corrected chi connectivity index (χ2v) is 4.53. The van der Waals surface area contributed by atoms with E-state index in [1.165, 1.54) is 24.0 Å². The molecule has 0 aliphatic heterocycles. The third kappa shape index (κ3) is 2.93. The lowest BCUT2D eigenvalue weighted by molar-refractivity contribution is 0.733. The minimum Gasteiger partial charge on any atom is -0.309 e. The Hall–Kier alpha value is -1.08. The highest BCUT2D eigenvalue weighted by atomic mass is 14.8. The SMILES string of the molecule is C=C(C)CNCc1ccccc1C1CC1. The number of hydrogen-bond donors (Lipinski definition) is 1. The first kappa shape index (κ1) is 10.4. The second kappa shape index (κ2) is 4.63. The summed E-state index contributed by atoms with van der Waals surface area (Å²) in [6.07, 6.45) is 2.75. The highest BCUT2D eigenvalue weighted by molar-refractivity contribution is 5.33. The highest BCUT2D eigenvalue weighted by Crippen LogP contribution is 2.41. The van der Waals surface area contributed by atoms with Gasteiger partial charge in [0.1, 0.15) is 0 Å². The Morgan fingerprint density at radius 3 is 2.80 bits per heavy atom. The van der Waals surface area contributed by atoms with Crippen molar-refractivity contribution in [3.63, 3.8) is 0 Å². The molecule has 1 aliphatic rings. The normalized spacial score (nSPS) is 15.3. The van der Waals surface area contributed by atoms with E-state index in [2.05, 4.69) is 43.1 Å². The van der Waals surface area contributed by atoms with Crippen LogP contribution in [0.4, 0.5) is 0 Å². The third-order valence-electron chi connectivity index (χ3n) is 2.81. The lowest BCUT2D eigenvalue weighted by atomic mass is 10.0. The minimum atomic E-state index is 0.841. The molecule has 0 aromatic heterocycles. The summed E-state index contributed by atoms with van der Waals surface area (Å²) in [5.41, 5.74) is 4.20. The summed E-state index contributed by atoms with van der Waals surface area (Å²) in [7, 11) is 0. The monoisotopic (exact) mass is 201 g/mol. The van der Waals surface area contributed by atoms with Crippen LogP contribution in [0.15, 0.2) is 36.4 Å². The molecule has 0 amide bonds. The smallest absolute Gasteiger partial charge is 0.0211 e. The predicted octanol–water partition coefficient (Wildman–Crippen LogP) is 3.23. The van der Waals surface area contributed by atoms with Crippen molar-refractivity contribution in [1.82, 2.24) is 5.32 Å². The average Bonchev–Trinajstić information content (AvgIpc) is 3.01. The maximum absolute atomic E-state index is 3.89. The summed E-state index contributed by atoms with van der Waals surface area (Å²) >= 11 is 0. The quantitative estimate of drug-likeness (QED) is 0.721. The van der Waals surface area contributed by atoms with Crippen molar-refractivity contribution in [2.75, 3.05) is 6.54 Å². The van der Waals surface area contributed by atoms with Crippen LogP contribution in [0.2, 0.25) is 0 Å². The molecule has 15 heavy (non-hydrogen) atoms. The van der Waals surface area contributed by atoms with E-state index in [0.717, 1.165) is 19.0 Å². The fraction of sp³-hybridized carbons (Fsp3) is 0.429. The lowest BCUT2D eigenvalue weighted by Crippen LogP contribution is -2.16. The van der Waals surface area contributed by atoms with Crippen LogP contribution in [0.25, 0.3) is 0 Å². The van der Waals surface area contributed by atoms with Gasteiger partial charge in [-0.2, -0.15) is 0 Å². The van der Waals surface area contributed by atoms with E-state index in [-0.39, 0.29) is 0 Å². The molecule has 0 saturated heterocycles. The van der Waals surface area contributed by atoms with E-state index < -0.39 is 0 Å². The molecule has 1 aromatic carbocycles. The van der Waals surface area contributed by atoms with E-state index in [0.29, 0.717) is 0 Å². The molecule has 1 N–H and O–H groups in total. The van der Waals surface area contributed by atoms with E-state index in [4.69, 9.17) is 0 Å². The first-order valence-corrected chi connectivity index (χ1v) is 5.70. The molecule has 0 heterocycles. The van der Waals surface area contributed by atoms with E-state index in [1.54, 1.807) is 5.56 Å². The van der Waals surface area contributed by atoms with E-state index >= 15 is 0 Å². The van der Waals surface area contributed by atoms with Crippen molar-refractivity contribution in [3.8, 4) is 0 Å². The molecule has 1 nitrogen and oxygen atoms in total. The van der Waals surface area contributed by atoms with Crippen LogP contribution in [-0.2, 0) is 6.54 Å². The molecule has 1 aliphatic carbocycles. The van der Waals surface area contributed by atoms with Crippen molar-refractivity contribution >= 4 is 0 Å². The molecule has 1 saturated carbocycles. The summed E-state index contributed by atoms with van der Waals surface area (Å²) in [5.74, 6) is 0.841. The van der Waals surface area contributed by atoms with Crippen LogP contribution >= 0.6 is 0 Å². The van der Waals surface area contributed by atoms with Crippen LogP contribution in [0, 0.1) is 0 Å². The Bertz CT molecular complexity index is 350. The Kier molecular flexibility index (Phi) is 3.22. The van der Waals surface area contributed by atoms with Gasteiger partial charge in [-0.3, -0.25) is 0 Å². The van der Waals surface area contributed by atoms with Crippen molar-refractivity contribution in [2.24, 2.45) is 0 Å². The minimum absolute atomic E-state index is 0.841. The summed E-state index contributed by atoms with van der Waals surface area (Å²) in [6.45, 7) is 7.84. The molecule has 2 rings (SSSR count). The highest BCUT2D eigenvalue weighted by Gasteiger charge is 2.25. The predicted molar refractivity (Wildman–Crippen MR) is 64.9 cm³/mol. The third-order valence-corrected chi connectivity index (χ3v) is 2.81. The topological polar surface area (TPSA) is 12.0 Å². The van der Waals surface area contributed by atoms with E-state index in [9.17, 15) is 0 Å². The van der Waals surface area contributed by atoms with Gasteiger partial charge in [-0.05, 0) is 36.8 Å². The molecular weight excluding hydrogens is 182 g/mol. The Morgan fingerprint density at radius 2 is 2.13 bits per heavy atom. The molecule has 80 valence electrons. The summed E-state index contributed by atoms with van der Waals surface area (Å²) in [5, 5.41) is 3.42. The van der Waals surface area contributed by atoms with Crippen LogP contribution in [0.1, 0.15) is 36.8 Å². The molecule has 0 atom stereocenters. The van der Waals surface area contributed by atoms with Crippen LogP contribution < -0.4 is 5.32 Å². The first-order chi connectivity index (χ1) is 7.27. The fourth-order valence-corrected chi connectivity index (χ4v) is 1.90. The molecular formula is C14H19N. The Balaban J connectivity index is 1.97. The second-order valence-electron chi connectivity index (χ2n) is 4.53. The van der Waals surface area contributed by atoms with Gasteiger partial charge in [0.25, 0.3) is 0 Å². The van der Waals surface area contributed by atoms with Crippen LogP contribution in [0.5, 0.6) is 0 Å². The largest absolute Gasteiger partial charge is 0.309 e. The van der Waals surface area contributed by atoms with Gasteiger partial charge in [0, 0.05) is 13.1 Å². The standard InChI is InChI=1S/C14H19N/c1-11(2)9-15-10-13-5-3-4-6-14(13)12-7-8-12/h3-6,12,15H,1,7-10H2,2H3.